The molecular weight excluding hydrogens is 426 g/mol. The van der Waals surface area contributed by atoms with Crippen LogP contribution in [0.15, 0.2) is 36.4 Å². The van der Waals surface area contributed by atoms with E-state index in [1.807, 2.05) is 6.07 Å². The first-order valence-electron chi connectivity index (χ1n) is 10.6. The second kappa shape index (κ2) is 7.98. The highest BCUT2D eigenvalue weighted by Gasteiger charge is 2.40. The number of aliphatic hydroxyl groups excluding tert-OH is 1. The molecule has 0 spiro atoms. The van der Waals surface area contributed by atoms with E-state index in [9.17, 15) is 19.5 Å². The molecular formula is C23H23N5O5. The molecule has 0 aliphatic carbocycles. The summed E-state index contributed by atoms with van der Waals surface area (Å²) in [6.45, 7) is 1.39. The van der Waals surface area contributed by atoms with E-state index in [1.165, 1.54) is 4.90 Å². The molecule has 10 heteroatoms. The lowest BCUT2D eigenvalue weighted by Crippen LogP contribution is -2.55. The van der Waals surface area contributed by atoms with Crippen LogP contribution < -0.4 is 15.5 Å². The largest absolute Gasteiger partial charge is 0.380 e. The molecule has 2 aromatic carbocycles. The Morgan fingerprint density at radius 3 is 2.85 bits per heavy atom. The number of carbonyl (C=O) groups excluding carboxylic acids is 3. The third-order valence-corrected chi connectivity index (χ3v) is 6.16. The van der Waals surface area contributed by atoms with Crippen molar-refractivity contribution in [2.45, 2.75) is 25.3 Å². The second-order valence-electron chi connectivity index (χ2n) is 8.32. The minimum Gasteiger partial charge on any atom is -0.380 e. The predicted octanol–water partition coefficient (Wildman–Crippen LogP) is 0.432. The number of anilines is 2. The lowest BCUT2D eigenvalue weighted by Gasteiger charge is -2.34. The van der Waals surface area contributed by atoms with Crippen molar-refractivity contribution in [1.82, 2.24) is 10.2 Å². The highest BCUT2D eigenvalue weighted by molar-refractivity contribution is 6.06. The maximum absolute atomic E-state index is 13.1. The number of aliphatic hydroxyl groups is 1. The van der Waals surface area contributed by atoms with Crippen molar-refractivity contribution < 1.29 is 24.2 Å². The number of nitrogens with one attached hydrogen (secondary N) is 3. The van der Waals surface area contributed by atoms with Crippen LogP contribution in [-0.4, -0.2) is 66.0 Å². The normalized spacial score (nSPS) is 20.4. The van der Waals surface area contributed by atoms with Gasteiger partial charge in [-0.25, -0.2) is 0 Å². The van der Waals surface area contributed by atoms with Crippen LogP contribution >= 0.6 is 0 Å². The van der Waals surface area contributed by atoms with Gasteiger partial charge in [0.25, 0.3) is 17.7 Å². The van der Waals surface area contributed by atoms with Gasteiger partial charge in [-0.1, -0.05) is 6.07 Å². The number of amides is 3. The number of hydrogen-bond acceptors (Lipinski definition) is 6. The smallest absolute Gasteiger partial charge is 0.259 e. The van der Waals surface area contributed by atoms with Crippen LogP contribution in [-0.2, 0) is 27.4 Å². The minimum absolute atomic E-state index is 0.108. The second-order valence-corrected chi connectivity index (χ2v) is 8.32. The lowest BCUT2D eigenvalue weighted by molar-refractivity contribution is -0.150. The number of benzene rings is 2. The summed E-state index contributed by atoms with van der Waals surface area (Å²) in [5, 5.41) is 23.9. The van der Waals surface area contributed by atoms with Crippen LogP contribution in [0.2, 0.25) is 0 Å². The van der Waals surface area contributed by atoms with E-state index in [4.69, 9.17) is 10.1 Å². The molecule has 5 rings (SSSR count). The number of ether oxygens (including phenoxy) is 1. The summed E-state index contributed by atoms with van der Waals surface area (Å²) >= 11 is 0. The number of nitrogens with zero attached hydrogens (tertiary/aromatic N) is 2. The highest BCUT2D eigenvalue weighted by atomic mass is 16.5. The summed E-state index contributed by atoms with van der Waals surface area (Å²) in [6, 6.07) is 10.3. The molecule has 3 amide bonds. The molecule has 3 aliphatic heterocycles. The first-order chi connectivity index (χ1) is 15.8. The summed E-state index contributed by atoms with van der Waals surface area (Å²) < 4.78 is 5.47. The SMILES string of the molecule is CN1Cc2ccc(N3CCOC([C@@H](O)C(=O)Nc4ccc5c(c4)CNC5=N)C3=O)cc2C1=O. The van der Waals surface area contributed by atoms with Crippen molar-refractivity contribution in [2.24, 2.45) is 0 Å². The first-order valence-corrected chi connectivity index (χ1v) is 10.6. The number of fused-ring (bicyclic) bond motifs is 2. The highest BCUT2D eigenvalue weighted by Crippen LogP contribution is 2.28. The molecule has 0 bridgehead atoms. The van der Waals surface area contributed by atoms with Crippen molar-refractivity contribution in [1.29, 1.82) is 5.41 Å². The molecule has 10 nitrogen and oxygen atoms in total. The molecule has 3 heterocycles. The van der Waals surface area contributed by atoms with Crippen LogP contribution in [0.1, 0.15) is 27.0 Å². The van der Waals surface area contributed by atoms with Crippen molar-refractivity contribution in [2.75, 3.05) is 30.4 Å². The fraction of sp³-hybridized carbons (Fsp3) is 0.304. The van der Waals surface area contributed by atoms with E-state index in [2.05, 4.69) is 10.6 Å². The van der Waals surface area contributed by atoms with Gasteiger partial charge >= 0.3 is 0 Å². The van der Waals surface area contributed by atoms with Gasteiger partial charge in [-0.3, -0.25) is 19.8 Å². The van der Waals surface area contributed by atoms with E-state index in [0.29, 0.717) is 35.9 Å². The molecule has 2 aromatic rings. The average molecular weight is 449 g/mol. The summed E-state index contributed by atoms with van der Waals surface area (Å²) in [5.74, 6) is -1.09. The summed E-state index contributed by atoms with van der Waals surface area (Å²) in [5.41, 5.74) is 4.03. The molecule has 3 aliphatic rings. The standard InChI is InChI=1S/C23H23N5O5/c1-27-11-12-2-4-15(9-17(12)22(27)31)28-6-7-33-19(23(28)32)18(29)21(30)26-14-3-5-16-13(8-14)10-25-20(16)24/h2-5,8-9,18-19,29H,6-7,10-11H2,1H3,(H2,24,25)(H,26,30)/t18-,19?/m1/s1. The van der Waals surface area contributed by atoms with Gasteiger partial charge in [0.1, 0.15) is 5.84 Å². The number of amidine groups is 1. The van der Waals surface area contributed by atoms with Crippen molar-refractivity contribution >= 4 is 34.9 Å². The van der Waals surface area contributed by atoms with E-state index < -0.39 is 24.0 Å². The van der Waals surface area contributed by atoms with E-state index >= 15 is 0 Å². The molecule has 33 heavy (non-hydrogen) atoms. The van der Waals surface area contributed by atoms with Gasteiger partial charge in [-0.15, -0.1) is 0 Å². The summed E-state index contributed by atoms with van der Waals surface area (Å²) in [4.78, 5) is 41.1. The van der Waals surface area contributed by atoms with Crippen LogP contribution in [0.5, 0.6) is 0 Å². The van der Waals surface area contributed by atoms with Crippen LogP contribution in [0, 0.1) is 5.41 Å². The maximum atomic E-state index is 13.1. The quantitative estimate of drug-likeness (QED) is 0.535. The van der Waals surface area contributed by atoms with Gasteiger partial charge in [-0.2, -0.15) is 0 Å². The predicted molar refractivity (Wildman–Crippen MR) is 119 cm³/mol. The summed E-state index contributed by atoms with van der Waals surface area (Å²) in [7, 11) is 1.72. The Morgan fingerprint density at radius 2 is 2.03 bits per heavy atom. The fourth-order valence-electron chi connectivity index (χ4n) is 4.38. The minimum atomic E-state index is -1.72. The van der Waals surface area contributed by atoms with Crippen molar-refractivity contribution in [3.8, 4) is 0 Å². The third kappa shape index (κ3) is 3.62. The zero-order valence-electron chi connectivity index (χ0n) is 17.9. The lowest BCUT2D eigenvalue weighted by atomic mass is 10.1. The molecule has 4 N–H and O–H groups in total. The van der Waals surface area contributed by atoms with Crippen molar-refractivity contribution in [3.63, 3.8) is 0 Å². The first kappa shape index (κ1) is 21.1. The zero-order valence-corrected chi connectivity index (χ0v) is 17.9. The Bertz CT molecular complexity index is 1200. The fourth-order valence-corrected chi connectivity index (χ4v) is 4.38. The molecule has 2 atom stereocenters. The third-order valence-electron chi connectivity index (χ3n) is 6.16. The molecule has 1 unspecified atom stereocenters. The summed E-state index contributed by atoms with van der Waals surface area (Å²) in [6.07, 6.45) is -3.08. The topological polar surface area (TPSA) is 135 Å². The maximum Gasteiger partial charge on any atom is 0.259 e. The number of hydrogen-bond donors (Lipinski definition) is 4. The molecule has 0 radical (unpaired) electrons. The Kier molecular flexibility index (Phi) is 5.10. The van der Waals surface area contributed by atoms with Crippen LogP contribution in [0.3, 0.4) is 0 Å². The monoisotopic (exact) mass is 449 g/mol. The zero-order chi connectivity index (χ0) is 23.3. The van der Waals surface area contributed by atoms with E-state index in [0.717, 1.165) is 16.7 Å². The number of morpholine rings is 1. The van der Waals surface area contributed by atoms with Gasteiger partial charge < -0.3 is 30.3 Å². The van der Waals surface area contributed by atoms with Gasteiger partial charge in [0.2, 0.25) is 0 Å². The Labute approximate surface area is 189 Å². The van der Waals surface area contributed by atoms with E-state index in [-0.39, 0.29) is 19.1 Å². The molecule has 0 saturated carbocycles. The van der Waals surface area contributed by atoms with Crippen LogP contribution in [0.25, 0.3) is 0 Å². The van der Waals surface area contributed by atoms with Gasteiger partial charge in [0.05, 0.1) is 6.61 Å². The Hall–Kier alpha value is -3.76. The Balaban J connectivity index is 1.31. The number of rotatable bonds is 4. The molecule has 1 saturated heterocycles. The van der Waals surface area contributed by atoms with E-state index in [1.54, 1.807) is 42.3 Å². The molecule has 170 valence electrons. The van der Waals surface area contributed by atoms with Gasteiger partial charge in [0.15, 0.2) is 12.2 Å². The number of carbonyl (C=O) groups is 3. The van der Waals surface area contributed by atoms with Gasteiger partial charge in [0, 0.05) is 49.2 Å². The van der Waals surface area contributed by atoms with Gasteiger partial charge in [-0.05, 0) is 41.5 Å². The van der Waals surface area contributed by atoms with Crippen molar-refractivity contribution in [3.05, 3.63) is 58.7 Å². The Morgan fingerprint density at radius 1 is 1.21 bits per heavy atom. The molecule has 0 aromatic heterocycles. The molecule has 1 fully saturated rings. The van der Waals surface area contributed by atoms with Crippen LogP contribution in [0.4, 0.5) is 11.4 Å². The average Bonchev–Trinajstić information content (AvgIpc) is 3.32.